The molecule has 0 heterocycles. The van der Waals surface area contributed by atoms with Crippen LogP contribution in [0.5, 0.6) is 23.0 Å². The van der Waals surface area contributed by atoms with Crippen molar-refractivity contribution in [3.8, 4) is 23.0 Å². The van der Waals surface area contributed by atoms with Crippen molar-refractivity contribution in [2.75, 3.05) is 41.5 Å². The predicted octanol–water partition coefficient (Wildman–Crippen LogP) is 4.47. The normalized spacial score (nSPS) is 11.8. The zero-order valence-electron chi connectivity index (χ0n) is 20.9. The summed E-state index contributed by atoms with van der Waals surface area (Å²) in [4.78, 5) is 11.3. The molecule has 8 nitrogen and oxygen atoms in total. The molecule has 2 N–H and O–H groups in total. The molecule has 0 aliphatic heterocycles. The fourth-order valence-corrected chi connectivity index (χ4v) is 3.55. The van der Waals surface area contributed by atoms with Crippen molar-refractivity contribution in [3.63, 3.8) is 0 Å². The highest BCUT2D eigenvalue weighted by Crippen LogP contribution is 2.34. The highest BCUT2D eigenvalue weighted by molar-refractivity contribution is 6.30. The van der Waals surface area contributed by atoms with E-state index in [4.69, 9.17) is 35.3 Å². The van der Waals surface area contributed by atoms with Crippen molar-refractivity contribution in [2.24, 2.45) is 0 Å². The van der Waals surface area contributed by atoms with Crippen LogP contribution in [0.25, 0.3) is 6.08 Å². The summed E-state index contributed by atoms with van der Waals surface area (Å²) in [6.45, 7) is 4.63. The first-order valence-electron chi connectivity index (χ1n) is 10.7. The molecule has 0 aliphatic carbocycles. The van der Waals surface area contributed by atoms with E-state index in [1.807, 2.05) is 30.3 Å². The second kappa shape index (κ2) is 15.4. The summed E-state index contributed by atoms with van der Waals surface area (Å²) >= 11 is 6.21. The molecule has 0 fully saturated rings. The molecule has 194 valence electrons. The van der Waals surface area contributed by atoms with E-state index < -0.39 is 6.23 Å². The summed E-state index contributed by atoms with van der Waals surface area (Å²) in [6.07, 6.45) is 1.55. The maximum atomic E-state index is 11.3. The summed E-state index contributed by atoms with van der Waals surface area (Å²) in [6, 6.07) is 9.07. The summed E-state index contributed by atoms with van der Waals surface area (Å²) in [5.41, 5.74) is 2.70. The minimum Gasteiger partial charge on any atom is -0.496 e. The molecule has 35 heavy (non-hydrogen) atoms. The molecule has 10 heteroatoms. The van der Waals surface area contributed by atoms with Gasteiger partial charge in [-0.25, -0.2) is 0 Å². The van der Waals surface area contributed by atoms with Crippen molar-refractivity contribution in [1.29, 1.82) is 0 Å². The van der Waals surface area contributed by atoms with Crippen LogP contribution in [0.15, 0.2) is 35.9 Å². The number of carbonyl (C=O) groups excluding carboxylic acids is 1. The third-order valence-corrected chi connectivity index (χ3v) is 5.22. The van der Waals surface area contributed by atoms with Crippen LogP contribution in [0.3, 0.4) is 0 Å². The molecule has 0 saturated carbocycles. The molecular weight excluding hydrogens is 495 g/mol. The van der Waals surface area contributed by atoms with E-state index in [-0.39, 0.29) is 18.4 Å². The molecule has 0 aliphatic rings. The van der Waals surface area contributed by atoms with Gasteiger partial charge in [0.1, 0.15) is 23.0 Å². The number of hydrogen-bond acceptors (Lipinski definition) is 8. The van der Waals surface area contributed by atoms with Crippen LogP contribution in [0.2, 0.25) is 5.02 Å². The fourth-order valence-electron chi connectivity index (χ4n) is 3.37. The first-order valence-corrected chi connectivity index (χ1v) is 11.1. The molecule has 1 atom stereocenters. The maximum absolute atomic E-state index is 11.3. The van der Waals surface area contributed by atoms with Gasteiger partial charge in [0.2, 0.25) is 0 Å². The lowest BCUT2D eigenvalue weighted by atomic mass is 10.1. The first kappa shape index (κ1) is 30.4. The largest absolute Gasteiger partial charge is 0.496 e. The van der Waals surface area contributed by atoms with Crippen molar-refractivity contribution in [1.82, 2.24) is 10.6 Å². The van der Waals surface area contributed by atoms with Crippen LogP contribution in [0, 0.1) is 0 Å². The van der Waals surface area contributed by atoms with Crippen molar-refractivity contribution < 1.29 is 28.5 Å². The van der Waals surface area contributed by atoms with E-state index in [1.54, 1.807) is 41.4 Å². The van der Waals surface area contributed by atoms with Crippen molar-refractivity contribution in [3.05, 3.63) is 52.1 Å². The van der Waals surface area contributed by atoms with E-state index in [9.17, 15) is 4.79 Å². The van der Waals surface area contributed by atoms with Gasteiger partial charge in [0, 0.05) is 49.3 Å². The topological polar surface area (TPSA) is 87.3 Å². The smallest absolute Gasteiger partial charge is 0.304 e. The minimum atomic E-state index is -0.441. The van der Waals surface area contributed by atoms with E-state index in [0.29, 0.717) is 47.7 Å². The van der Waals surface area contributed by atoms with Crippen LogP contribution < -0.4 is 29.6 Å². The van der Waals surface area contributed by atoms with Gasteiger partial charge < -0.3 is 29.0 Å². The van der Waals surface area contributed by atoms with Gasteiger partial charge in [-0.15, -0.1) is 12.4 Å². The second-order valence-corrected chi connectivity index (χ2v) is 7.87. The molecule has 0 radical (unpaired) electrons. The fraction of sp³-hybridized carbons (Fsp3) is 0.400. The van der Waals surface area contributed by atoms with Crippen molar-refractivity contribution >= 4 is 36.1 Å². The minimum absolute atomic E-state index is 0. The van der Waals surface area contributed by atoms with E-state index in [2.05, 4.69) is 10.6 Å². The standard InChI is InChI=1S/C25H33ClN2O6.ClH/c1-16(34-17(2)29)28-14-18(9-19-10-20(26)7-8-23(19)31-4)13-27-15-22-24(32-5)11-21(30-3)12-25(22)33-6;/h7-12,16,27-28H,13-15H2,1-6H3;1H. The summed E-state index contributed by atoms with van der Waals surface area (Å²) < 4.78 is 27.1. The van der Waals surface area contributed by atoms with Crippen LogP contribution in [0.1, 0.15) is 25.0 Å². The van der Waals surface area contributed by atoms with Gasteiger partial charge in [-0.3, -0.25) is 10.1 Å². The van der Waals surface area contributed by atoms with Crippen LogP contribution in [-0.2, 0) is 16.1 Å². The Hall–Kier alpha value is -2.65. The molecule has 2 aromatic carbocycles. The highest BCUT2D eigenvalue weighted by atomic mass is 35.5. The Morgan fingerprint density at radius 1 is 0.971 bits per heavy atom. The summed E-state index contributed by atoms with van der Waals surface area (Å²) in [5, 5.41) is 7.24. The molecule has 2 aromatic rings. The first-order chi connectivity index (χ1) is 16.3. The highest BCUT2D eigenvalue weighted by Gasteiger charge is 2.14. The Labute approximate surface area is 218 Å². The van der Waals surface area contributed by atoms with E-state index in [1.165, 1.54) is 6.92 Å². The van der Waals surface area contributed by atoms with Crippen LogP contribution in [0.4, 0.5) is 0 Å². The number of ether oxygens (including phenoxy) is 5. The third-order valence-electron chi connectivity index (χ3n) is 4.98. The maximum Gasteiger partial charge on any atom is 0.304 e. The van der Waals surface area contributed by atoms with Gasteiger partial charge in [-0.2, -0.15) is 0 Å². The molecule has 0 aromatic heterocycles. The van der Waals surface area contributed by atoms with Gasteiger partial charge in [0.05, 0.1) is 34.0 Å². The van der Waals surface area contributed by atoms with Crippen molar-refractivity contribution in [2.45, 2.75) is 26.6 Å². The molecule has 2 rings (SSSR count). The number of nitrogens with one attached hydrogen (secondary N) is 2. The molecule has 0 spiro atoms. The summed E-state index contributed by atoms with van der Waals surface area (Å²) in [7, 11) is 6.42. The molecule has 0 bridgehead atoms. The zero-order chi connectivity index (χ0) is 25.1. The molecule has 0 amide bonds. The summed E-state index contributed by atoms with van der Waals surface area (Å²) in [5.74, 6) is 2.32. The lowest BCUT2D eigenvalue weighted by molar-refractivity contribution is -0.146. The lowest BCUT2D eigenvalue weighted by Gasteiger charge is -2.18. The van der Waals surface area contributed by atoms with E-state index in [0.717, 1.165) is 16.7 Å². The van der Waals surface area contributed by atoms with Gasteiger partial charge in [0.25, 0.3) is 0 Å². The lowest BCUT2D eigenvalue weighted by Crippen LogP contribution is -2.33. The number of hydrogen-bond donors (Lipinski definition) is 2. The Kier molecular flexibility index (Phi) is 13.3. The number of carbonyl (C=O) groups is 1. The third kappa shape index (κ3) is 9.49. The SMILES string of the molecule is COc1cc(OC)c(CNCC(=Cc2cc(Cl)ccc2OC)CNC(C)OC(C)=O)c(OC)c1.Cl. The number of benzene rings is 2. The predicted molar refractivity (Wildman–Crippen MR) is 140 cm³/mol. The Morgan fingerprint density at radius 3 is 2.14 bits per heavy atom. The second-order valence-electron chi connectivity index (χ2n) is 7.44. The molecular formula is C25H34Cl2N2O6. The molecule has 0 saturated heterocycles. The average Bonchev–Trinajstić information content (AvgIpc) is 2.81. The van der Waals surface area contributed by atoms with Gasteiger partial charge >= 0.3 is 5.97 Å². The van der Waals surface area contributed by atoms with Gasteiger partial charge in [-0.05, 0) is 36.8 Å². The van der Waals surface area contributed by atoms with Gasteiger partial charge in [0.15, 0.2) is 6.23 Å². The van der Waals surface area contributed by atoms with Gasteiger partial charge in [-0.1, -0.05) is 11.6 Å². The average molecular weight is 529 g/mol. The zero-order valence-corrected chi connectivity index (χ0v) is 22.5. The van der Waals surface area contributed by atoms with Crippen LogP contribution in [-0.4, -0.2) is 53.7 Å². The Balaban J connectivity index is 0.00000612. The molecule has 1 unspecified atom stereocenters. The van der Waals surface area contributed by atoms with Crippen LogP contribution >= 0.6 is 24.0 Å². The number of rotatable bonds is 13. The number of halogens is 2. The monoisotopic (exact) mass is 528 g/mol. The Morgan fingerprint density at radius 2 is 1.60 bits per heavy atom. The number of methoxy groups -OCH3 is 4. The Bertz CT molecular complexity index is 975. The quantitative estimate of drug-likeness (QED) is 0.291. The number of esters is 1. The van der Waals surface area contributed by atoms with E-state index >= 15 is 0 Å².